The van der Waals surface area contributed by atoms with E-state index in [-0.39, 0.29) is 11.3 Å². The Bertz CT molecular complexity index is 1070. The fourth-order valence-corrected chi connectivity index (χ4v) is 4.59. The smallest absolute Gasteiger partial charge is 0.155 e. The number of nitrogens with zero attached hydrogens (tertiary/aromatic N) is 3. The Kier molecular flexibility index (Phi) is 3.79. The number of aryl methyl sites for hydroxylation is 1. The second-order valence-corrected chi connectivity index (χ2v) is 7.71. The van der Waals surface area contributed by atoms with Gasteiger partial charge in [-0.25, -0.2) is 9.97 Å². The van der Waals surface area contributed by atoms with Gasteiger partial charge in [-0.1, -0.05) is 18.6 Å². The molecular formula is C23H21N3O2. The molecule has 1 atom stereocenters. The number of benzene rings is 1. The molecule has 1 spiro atoms. The number of carbonyl (C=O) groups is 1. The highest BCUT2D eigenvalue weighted by molar-refractivity contribution is 6.04. The first-order valence-corrected chi connectivity index (χ1v) is 9.59. The highest BCUT2D eigenvalue weighted by Crippen LogP contribution is 2.56. The van der Waals surface area contributed by atoms with E-state index >= 15 is 0 Å². The fourth-order valence-electron chi connectivity index (χ4n) is 4.59. The van der Waals surface area contributed by atoms with Crippen LogP contribution >= 0.6 is 0 Å². The Morgan fingerprint density at radius 1 is 1.04 bits per heavy atom. The van der Waals surface area contributed by atoms with Crippen molar-refractivity contribution in [1.82, 2.24) is 15.0 Å². The minimum Gasteiger partial charge on any atom is -0.495 e. The lowest BCUT2D eigenvalue weighted by molar-refractivity contribution is -0.126. The minimum atomic E-state index is -0.328. The van der Waals surface area contributed by atoms with E-state index in [2.05, 4.69) is 33.2 Å². The summed E-state index contributed by atoms with van der Waals surface area (Å²) in [7, 11) is 1.62. The number of hydrogen-bond acceptors (Lipinski definition) is 5. The van der Waals surface area contributed by atoms with E-state index in [0.29, 0.717) is 11.5 Å². The van der Waals surface area contributed by atoms with Crippen LogP contribution in [0.2, 0.25) is 0 Å². The van der Waals surface area contributed by atoms with Gasteiger partial charge in [0, 0.05) is 24.2 Å². The molecule has 0 radical (unpaired) electrons. The van der Waals surface area contributed by atoms with Gasteiger partial charge in [0.25, 0.3) is 0 Å². The molecule has 2 heterocycles. The summed E-state index contributed by atoms with van der Waals surface area (Å²) in [6.45, 7) is 1.87. The molecule has 2 aromatic heterocycles. The van der Waals surface area contributed by atoms with E-state index in [1.807, 2.05) is 25.4 Å². The Labute approximate surface area is 163 Å². The number of hydrogen-bond donors (Lipinski definition) is 0. The Hall–Kier alpha value is -3.08. The first-order valence-electron chi connectivity index (χ1n) is 9.59. The van der Waals surface area contributed by atoms with Crippen LogP contribution in [0.15, 0.2) is 49.1 Å². The average molecular weight is 371 g/mol. The van der Waals surface area contributed by atoms with E-state index in [1.165, 1.54) is 5.56 Å². The van der Waals surface area contributed by atoms with Crippen LogP contribution in [0.3, 0.4) is 0 Å². The number of pyridine rings is 1. The topological polar surface area (TPSA) is 65.0 Å². The van der Waals surface area contributed by atoms with Crippen LogP contribution in [-0.2, 0) is 10.2 Å². The molecule has 2 aliphatic rings. The van der Waals surface area contributed by atoms with Crippen molar-refractivity contribution < 1.29 is 9.53 Å². The molecule has 0 bridgehead atoms. The van der Waals surface area contributed by atoms with Gasteiger partial charge in [-0.15, -0.1) is 0 Å². The maximum Gasteiger partial charge on any atom is 0.155 e. The van der Waals surface area contributed by atoms with Gasteiger partial charge >= 0.3 is 0 Å². The number of carbonyl (C=O) groups excluding carboxylic acids is 1. The quantitative estimate of drug-likeness (QED) is 0.696. The summed E-state index contributed by atoms with van der Waals surface area (Å²) < 4.78 is 5.34. The summed E-state index contributed by atoms with van der Waals surface area (Å²) in [5.74, 6) is 1.41. The normalized spacial score (nSPS) is 19.4. The molecule has 0 N–H and O–H groups in total. The highest BCUT2D eigenvalue weighted by Gasteiger charge is 2.55. The predicted octanol–water partition coefficient (Wildman–Crippen LogP) is 3.99. The molecule has 1 aromatic carbocycles. The van der Waals surface area contributed by atoms with Gasteiger partial charge in [-0.2, -0.15) is 0 Å². The molecule has 1 fully saturated rings. The maximum atomic E-state index is 13.6. The Balaban J connectivity index is 1.67. The van der Waals surface area contributed by atoms with Crippen molar-refractivity contribution in [2.24, 2.45) is 0 Å². The van der Waals surface area contributed by atoms with E-state index in [9.17, 15) is 4.79 Å². The zero-order chi connectivity index (χ0) is 19.3. The fraction of sp³-hybridized carbons (Fsp3) is 0.304. The molecule has 0 amide bonds. The molecule has 1 unspecified atom stereocenters. The van der Waals surface area contributed by atoms with Crippen molar-refractivity contribution in [2.45, 2.75) is 37.5 Å². The third-order valence-electron chi connectivity index (χ3n) is 6.24. The summed E-state index contributed by atoms with van der Waals surface area (Å²) in [6.07, 6.45) is 10.1. The van der Waals surface area contributed by atoms with E-state index in [0.717, 1.165) is 47.3 Å². The lowest BCUT2D eigenvalue weighted by Crippen LogP contribution is -2.40. The molecule has 2 aliphatic carbocycles. The van der Waals surface area contributed by atoms with Crippen LogP contribution < -0.4 is 4.74 Å². The predicted molar refractivity (Wildman–Crippen MR) is 105 cm³/mol. The molecule has 0 aliphatic heterocycles. The molecule has 28 heavy (non-hydrogen) atoms. The van der Waals surface area contributed by atoms with E-state index in [4.69, 9.17) is 4.74 Å². The van der Waals surface area contributed by atoms with E-state index < -0.39 is 0 Å². The maximum absolute atomic E-state index is 13.6. The molecule has 0 saturated heterocycles. The third-order valence-corrected chi connectivity index (χ3v) is 6.24. The van der Waals surface area contributed by atoms with Crippen LogP contribution in [0.25, 0.3) is 11.1 Å². The SMILES string of the molecule is COc1cncc(C2C(=O)C3(CCC3)c3ccc(-c4cnc(C)nc4)cc32)c1. The molecule has 140 valence electrons. The standard InChI is InChI=1S/C23H21N3O2/c1-14-25-11-17(12-26-14)15-4-5-20-19(9-15)21(22(27)23(20)6-3-7-23)16-8-18(28-2)13-24-10-16/h4-5,8-13,21H,3,6-7H2,1-2H3. The van der Waals surface area contributed by atoms with Crippen LogP contribution in [-0.4, -0.2) is 27.8 Å². The van der Waals surface area contributed by atoms with Crippen LogP contribution in [0.1, 0.15) is 47.7 Å². The van der Waals surface area contributed by atoms with Crippen LogP contribution in [0.4, 0.5) is 0 Å². The third kappa shape index (κ3) is 2.39. The summed E-state index contributed by atoms with van der Waals surface area (Å²) in [4.78, 5) is 26.5. The van der Waals surface area contributed by atoms with Crippen molar-refractivity contribution >= 4 is 5.78 Å². The monoisotopic (exact) mass is 371 g/mol. The van der Waals surface area contributed by atoms with Gasteiger partial charge in [0.2, 0.25) is 0 Å². The van der Waals surface area contributed by atoms with Crippen LogP contribution in [0.5, 0.6) is 5.75 Å². The van der Waals surface area contributed by atoms with Gasteiger partial charge in [0.1, 0.15) is 11.6 Å². The lowest BCUT2D eigenvalue weighted by atomic mass is 9.64. The highest BCUT2D eigenvalue weighted by atomic mass is 16.5. The van der Waals surface area contributed by atoms with Gasteiger partial charge < -0.3 is 4.74 Å². The van der Waals surface area contributed by atoms with Gasteiger partial charge in [0.05, 0.1) is 24.6 Å². The molecule has 5 heteroatoms. The summed E-state index contributed by atoms with van der Waals surface area (Å²) in [5.41, 5.74) is 4.81. The number of methoxy groups -OCH3 is 1. The second kappa shape index (κ2) is 6.23. The Morgan fingerprint density at radius 3 is 2.50 bits per heavy atom. The molecule has 3 aromatic rings. The first-order chi connectivity index (χ1) is 13.6. The van der Waals surface area contributed by atoms with Crippen LogP contribution in [0, 0.1) is 6.92 Å². The van der Waals surface area contributed by atoms with Crippen molar-refractivity contribution in [2.75, 3.05) is 7.11 Å². The molecular weight excluding hydrogens is 350 g/mol. The number of aromatic nitrogens is 3. The number of fused-ring (bicyclic) bond motifs is 2. The van der Waals surface area contributed by atoms with Crippen molar-refractivity contribution in [1.29, 1.82) is 0 Å². The van der Waals surface area contributed by atoms with Crippen molar-refractivity contribution in [3.63, 3.8) is 0 Å². The Morgan fingerprint density at radius 2 is 1.82 bits per heavy atom. The van der Waals surface area contributed by atoms with Crippen molar-refractivity contribution in [3.05, 3.63) is 71.6 Å². The number of ketones is 1. The lowest BCUT2D eigenvalue weighted by Gasteiger charge is -2.38. The van der Waals surface area contributed by atoms with E-state index in [1.54, 1.807) is 19.5 Å². The average Bonchev–Trinajstić information content (AvgIpc) is 2.96. The summed E-state index contributed by atoms with van der Waals surface area (Å²) >= 11 is 0. The largest absolute Gasteiger partial charge is 0.495 e. The van der Waals surface area contributed by atoms with Gasteiger partial charge in [-0.3, -0.25) is 9.78 Å². The number of ether oxygens (including phenoxy) is 1. The minimum absolute atomic E-state index is 0.293. The van der Waals surface area contributed by atoms with Gasteiger partial charge in [0.15, 0.2) is 5.78 Å². The van der Waals surface area contributed by atoms with Crippen molar-refractivity contribution in [3.8, 4) is 16.9 Å². The molecule has 1 saturated carbocycles. The molecule has 5 rings (SSSR count). The summed E-state index contributed by atoms with van der Waals surface area (Å²) in [6, 6.07) is 8.29. The second-order valence-electron chi connectivity index (χ2n) is 7.71. The summed E-state index contributed by atoms with van der Waals surface area (Å²) in [5, 5.41) is 0. The molecule has 5 nitrogen and oxygen atoms in total. The zero-order valence-electron chi connectivity index (χ0n) is 16.0. The van der Waals surface area contributed by atoms with Gasteiger partial charge in [-0.05, 0) is 54.2 Å². The number of Topliss-reactive ketones (excluding diaryl/α,β-unsaturated/α-hetero) is 1. The first kappa shape index (κ1) is 17.0. The zero-order valence-corrected chi connectivity index (χ0v) is 16.0. The number of rotatable bonds is 3.